The SMILES string of the molecule is CCOC(Cc1ccc(OCCN(CCCC(C)C)C(=O)Nc2ccc3c(c2)CCC3)cc1)C(=O)O. The lowest BCUT2D eigenvalue weighted by atomic mass is 10.1. The molecule has 2 aromatic rings. The largest absolute Gasteiger partial charge is 0.492 e. The van der Waals surface area contributed by atoms with Crippen molar-refractivity contribution in [1.82, 2.24) is 4.90 Å². The molecule has 7 heteroatoms. The second kappa shape index (κ2) is 13.9. The minimum Gasteiger partial charge on any atom is -0.492 e. The molecule has 1 aliphatic carbocycles. The van der Waals surface area contributed by atoms with Gasteiger partial charge in [0, 0.05) is 25.3 Å². The Kier molecular flexibility index (Phi) is 10.6. The van der Waals surface area contributed by atoms with Crippen molar-refractivity contribution in [2.45, 2.75) is 65.4 Å². The lowest BCUT2D eigenvalue weighted by molar-refractivity contribution is -0.149. The summed E-state index contributed by atoms with van der Waals surface area (Å²) < 4.78 is 11.2. The predicted molar refractivity (Wildman–Crippen MR) is 142 cm³/mol. The molecule has 0 heterocycles. The zero-order valence-electron chi connectivity index (χ0n) is 21.8. The summed E-state index contributed by atoms with van der Waals surface area (Å²) in [5.74, 6) is 0.306. The molecule has 0 aliphatic heterocycles. The van der Waals surface area contributed by atoms with Crippen molar-refractivity contribution in [3.8, 4) is 5.75 Å². The van der Waals surface area contributed by atoms with Crippen LogP contribution in [0.4, 0.5) is 10.5 Å². The van der Waals surface area contributed by atoms with Crippen LogP contribution in [0.15, 0.2) is 42.5 Å². The third-order valence-corrected chi connectivity index (χ3v) is 6.46. The predicted octanol–water partition coefficient (Wildman–Crippen LogP) is 5.56. The fourth-order valence-electron chi connectivity index (χ4n) is 4.49. The Morgan fingerprint density at radius 1 is 1.06 bits per heavy atom. The normalized spacial score (nSPS) is 13.3. The van der Waals surface area contributed by atoms with Gasteiger partial charge in [-0.2, -0.15) is 0 Å². The van der Waals surface area contributed by atoms with E-state index < -0.39 is 12.1 Å². The zero-order chi connectivity index (χ0) is 25.9. The molecule has 0 radical (unpaired) electrons. The Hall–Kier alpha value is -3.06. The maximum absolute atomic E-state index is 13.1. The van der Waals surface area contributed by atoms with Gasteiger partial charge in [-0.1, -0.05) is 32.0 Å². The van der Waals surface area contributed by atoms with Gasteiger partial charge in [-0.3, -0.25) is 0 Å². The van der Waals surface area contributed by atoms with Gasteiger partial charge in [0.25, 0.3) is 0 Å². The Balaban J connectivity index is 1.54. The molecular weight excluding hydrogens is 456 g/mol. The molecule has 1 atom stereocenters. The number of carboxylic acids is 1. The van der Waals surface area contributed by atoms with E-state index in [2.05, 4.69) is 31.3 Å². The van der Waals surface area contributed by atoms with Crippen molar-refractivity contribution >= 4 is 17.7 Å². The minimum absolute atomic E-state index is 0.105. The van der Waals surface area contributed by atoms with Crippen molar-refractivity contribution in [3.63, 3.8) is 0 Å². The number of hydrogen-bond acceptors (Lipinski definition) is 4. The highest BCUT2D eigenvalue weighted by molar-refractivity contribution is 5.89. The third-order valence-electron chi connectivity index (χ3n) is 6.46. The number of nitrogens with zero attached hydrogens (tertiary/aromatic N) is 1. The number of hydrogen-bond donors (Lipinski definition) is 2. The number of aliphatic carboxylic acids is 1. The van der Waals surface area contributed by atoms with Crippen molar-refractivity contribution in [2.75, 3.05) is 31.6 Å². The van der Waals surface area contributed by atoms with Crippen molar-refractivity contribution in [2.24, 2.45) is 5.92 Å². The molecule has 0 spiro atoms. The first-order valence-corrected chi connectivity index (χ1v) is 13.1. The first kappa shape index (κ1) is 27.5. The monoisotopic (exact) mass is 496 g/mol. The van der Waals surface area contributed by atoms with Gasteiger partial charge in [-0.25, -0.2) is 9.59 Å². The van der Waals surface area contributed by atoms with Gasteiger partial charge in [-0.15, -0.1) is 0 Å². The Morgan fingerprint density at radius 2 is 1.81 bits per heavy atom. The second-order valence-electron chi connectivity index (χ2n) is 9.77. The van der Waals surface area contributed by atoms with Crippen LogP contribution in [-0.4, -0.2) is 54.4 Å². The van der Waals surface area contributed by atoms with Gasteiger partial charge < -0.3 is 24.8 Å². The highest BCUT2D eigenvalue weighted by atomic mass is 16.5. The van der Waals surface area contributed by atoms with Crippen LogP contribution in [0.5, 0.6) is 5.75 Å². The van der Waals surface area contributed by atoms with Gasteiger partial charge in [0.15, 0.2) is 6.10 Å². The molecule has 0 bridgehead atoms. The summed E-state index contributed by atoms with van der Waals surface area (Å²) in [5.41, 5.74) is 4.43. The van der Waals surface area contributed by atoms with Gasteiger partial charge >= 0.3 is 12.0 Å². The van der Waals surface area contributed by atoms with Crippen LogP contribution in [0.1, 0.15) is 56.7 Å². The molecule has 2 amide bonds. The first-order chi connectivity index (χ1) is 17.4. The molecule has 0 saturated heterocycles. The summed E-state index contributed by atoms with van der Waals surface area (Å²) in [4.78, 5) is 26.2. The Labute approximate surface area is 214 Å². The molecule has 0 saturated carbocycles. The van der Waals surface area contributed by atoms with Gasteiger partial charge in [0.1, 0.15) is 12.4 Å². The number of urea groups is 1. The highest BCUT2D eigenvalue weighted by Gasteiger charge is 2.18. The lowest BCUT2D eigenvalue weighted by Crippen LogP contribution is -2.38. The lowest BCUT2D eigenvalue weighted by Gasteiger charge is -2.24. The molecule has 3 rings (SSSR count). The van der Waals surface area contributed by atoms with Crippen LogP contribution in [0.25, 0.3) is 0 Å². The highest BCUT2D eigenvalue weighted by Crippen LogP contribution is 2.25. The quantitative estimate of drug-likeness (QED) is 0.358. The number of anilines is 1. The zero-order valence-corrected chi connectivity index (χ0v) is 21.8. The summed E-state index contributed by atoms with van der Waals surface area (Å²) in [6.45, 7) is 8.03. The van der Waals surface area contributed by atoms with Gasteiger partial charge in [0.2, 0.25) is 0 Å². The number of ether oxygens (including phenoxy) is 2. The van der Waals surface area contributed by atoms with Crippen molar-refractivity contribution in [1.29, 1.82) is 0 Å². The number of fused-ring (bicyclic) bond motifs is 1. The summed E-state index contributed by atoms with van der Waals surface area (Å²) in [7, 11) is 0. The number of rotatable bonds is 14. The van der Waals surface area contributed by atoms with E-state index >= 15 is 0 Å². The van der Waals surface area contributed by atoms with E-state index in [1.165, 1.54) is 17.5 Å². The van der Waals surface area contributed by atoms with Crippen LogP contribution < -0.4 is 10.1 Å². The smallest absolute Gasteiger partial charge is 0.333 e. The molecule has 2 aromatic carbocycles. The Morgan fingerprint density at radius 3 is 2.50 bits per heavy atom. The molecule has 0 aromatic heterocycles. The van der Waals surface area contributed by atoms with Gasteiger partial charge in [0.05, 0.1) is 6.54 Å². The molecule has 36 heavy (non-hydrogen) atoms. The second-order valence-corrected chi connectivity index (χ2v) is 9.77. The van der Waals surface area contributed by atoms with E-state index in [0.717, 1.165) is 36.9 Å². The van der Waals surface area contributed by atoms with E-state index in [-0.39, 0.29) is 6.03 Å². The minimum atomic E-state index is -0.965. The van der Waals surface area contributed by atoms with Crippen LogP contribution in [0, 0.1) is 5.92 Å². The van der Waals surface area contributed by atoms with Gasteiger partial charge in [-0.05, 0) is 85.9 Å². The van der Waals surface area contributed by atoms with E-state index in [1.54, 1.807) is 6.92 Å². The number of aryl methyl sites for hydroxylation is 2. The fourth-order valence-corrected chi connectivity index (χ4v) is 4.49. The molecule has 196 valence electrons. The molecule has 7 nitrogen and oxygen atoms in total. The van der Waals surface area contributed by atoms with Crippen molar-refractivity contribution < 1.29 is 24.2 Å². The summed E-state index contributed by atoms with van der Waals surface area (Å²) in [6, 6.07) is 13.5. The topological polar surface area (TPSA) is 88.1 Å². The summed E-state index contributed by atoms with van der Waals surface area (Å²) in [5, 5.41) is 12.3. The van der Waals surface area contributed by atoms with Crippen LogP contribution in [-0.2, 0) is 28.8 Å². The van der Waals surface area contributed by atoms with E-state index in [9.17, 15) is 14.7 Å². The number of amides is 2. The first-order valence-electron chi connectivity index (χ1n) is 13.1. The molecule has 2 N–H and O–H groups in total. The maximum atomic E-state index is 13.1. The molecule has 1 unspecified atom stereocenters. The average Bonchev–Trinajstić information content (AvgIpc) is 3.31. The average molecular weight is 497 g/mol. The van der Waals surface area contributed by atoms with Crippen LogP contribution in [0.3, 0.4) is 0 Å². The molecule has 1 aliphatic rings. The Bertz CT molecular complexity index is 990. The van der Waals surface area contributed by atoms with E-state index in [1.807, 2.05) is 35.2 Å². The number of carboxylic acid groups (broad SMARTS) is 1. The van der Waals surface area contributed by atoms with Crippen molar-refractivity contribution in [3.05, 3.63) is 59.2 Å². The third kappa shape index (κ3) is 8.55. The maximum Gasteiger partial charge on any atom is 0.333 e. The fraction of sp³-hybridized carbons (Fsp3) is 0.517. The number of nitrogens with one attached hydrogen (secondary N) is 1. The molecular formula is C29H40N2O5. The van der Waals surface area contributed by atoms with Crippen LogP contribution in [0.2, 0.25) is 0 Å². The van der Waals surface area contributed by atoms with E-state index in [0.29, 0.717) is 44.4 Å². The summed E-state index contributed by atoms with van der Waals surface area (Å²) >= 11 is 0. The number of carbonyl (C=O) groups excluding carboxylic acids is 1. The number of carbonyl (C=O) groups is 2. The molecule has 0 fully saturated rings. The number of benzene rings is 2. The van der Waals surface area contributed by atoms with Crippen LogP contribution >= 0.6 is 0 Å². The van der Waals surface area contributed by atoms with E-state index in [4.69, 9.17) is 9.47 Å². The standard InChI is InChI=1S/C29H40N2O5/c1-4-35-27(28(32)33)19-22-10-14-26(15-11-22)36-18-17-31(16-6-7-21(2)3)29(34)30-25-13-12-23-8-5-9-24(23)20-25/h10-15,20-21,27H,4-9,16-19H2,1-3H3,(H,30,34)(H,32,33). The summed E-state index contributed by atoms with van der Waals surface area (Å²) in [6.07, 6.45) is 4.82.